The van der Waals surface area contributed by atoms with Crippen LogP contribution in [-0.2, 0) is 0 Å². The van der Waals surface area contributed by atoms with E-state index in [-0.39, 0.29) is 6.04 Å². The number of para-hydroxylation sites is 1. The molecule has 0 radical (unpaired) electrons. The summed E-state index contributed by atoms with van der Waals surface area (Å²) in [6.07, 6.45) is 2.97. The third-order valence-corrected chi connectivity index (χ3v) is 4.09. The lowest BCUT2D eigenvalue weighted by Crippen LogP contribution is -2.14. The third-order valence-electron chi connectivity index (χ3n) is 4.09. The molecular formula is C16H16N4O. The van der Waals surface area contributed by atoms with Crippen molar-refractivity contribution in [3.05, 3.63) is 42.3 Å². The van der Waals surface area contributed by atoms with Gasteiger partial charge in [0.25, 0.3) is 0 Å². The number of benzene rings is 1. The van der Waals surface area contributed by atoms with Crippen LogP contribution in [0.3, 0.4) is 0 Å². The van der Waals surface area contributed by atoms with E-state index in [4.69, 9.17) is 10.3 Å². The van der Waals surface area contributed by atoms with E-state index < -0.39 is 0 Å². The zero-order chi connectivity index (χ0) is 14.2. The third kappa shape index (κ3) is 2.29. The fourth-order valence-corrected chi connectivity index (χ4v) is 2.94. The summed E-state index contributed by atoms with van der Waals surface area (Å²) in [6.45, 7) is 0. The fraction of sp³-hybridized carbons (Fsp3) is 0.312. The molecule has 5 nitrogen and oxygen atoms in total. The van der Waals surface area contributed by atoms with Gasteiger partial charge in [0.15, 0.2) is 0 Å². The predicted octanol–water partition coefficient (Wildman–Crippen LogP) is 2.88. The van der Waals surface area contributed by atoms with Gasteiger partial charge in [-0.25, -0.2) is 4.98 Å². The maximum absolute atomic E-state index is 5.94. The van der Waals surface area contributed by atoms with Crippen molar-refractivity contribution in [3.8, 4) is 11.5 Å². The molecular weight excluding hydrogens is 264 g/mol. The molecule has 3 aromatic rings. The van der Waals surface area contributed by atoms with Gasteiger partial charge in [-0.15, -0.1) is 0 Å². The van der Waals surface area contributed by atoms with E-state index in [0.717, 1.165) is 35.9 Å². The van der Waals surface area contributed by atoms with Gasteiger partial charge in [-0.1, -0.05) is 29.4 Å². The first-order valence-electron chi connectivity index (χ1n) is 7.25. The molecule has 2 N–H and O–H groups in total. The number of rotatable bonds is 2. The summed E-state index contributed by atoms with van der Waals surface area (Å²) in [5.74, 6) is 1.53. The van der Waals surface area contributed by atoms with Crippen molar-refractivity contribution >= 4 is 10.9 Å². The molecule has 0 bridgehead atoms. The average molecular weight is 280 g/mol. The molecule has 4 rings (SSSR count). The fourth-order valence-electron chi connectivity index (χ4n) is 2.94. The molecule has 1 aliphatic carbocycles. The number of nitrogens with zero attached hydrogens (tertiary/aromatic N) is 3. The Hall–Kier alpha value is -2.27. The maximum Gasteiger partial charge on any atom is 0.230 e. The molecule has 106 valence electrons. The van der Waals surface area contributed by atoms with Gasteiger partial charge in [0.2, 0.25) is 11.7 Å². The van der Waals surface area contributed by atoms with Crippen LogP contribution in [0.5, 0.6) is 0 Å². The molecule has 2 atom stereocenters. The van der Waals surface area contributed by atoms with Crippen LogP contribution in [-0.4, -0.2) is 21.2 Å². The first-order valence-corrected chi connectivity index (χ1v) is 7.25. The summed E-state index contributed by atoms with van der Waals surface area (Å²) in [6, 6.07) is 12.2. The van der Waals surface area contributed by atoms with Crippen LogP contribution in [0.2, 0.25) is 0 Å². The Morgan fingerprint density at radius 1 is 1.05 bits per heavy atom. The van der Waals surface area contributed by atoms with Crippen molar-refractivity contribution in [3.63, 3.8) is 0 Å². The molecule has 21 heavy (non-hydrogen) atoms. The lowest BCUT2D eigenvalue weighted by Gasteiger charge is -2.01. The lowest BCUT2D eigenvalue weighted by atomic mass is 10.1. The Kier molecular flexibility index (Phi) is 2.93. The smallest absolute Gasteiger partial charge is 0.230 e. The number of aromatic nitrogens is 3. The summed E-state index contributed by atoms with van der Waals surface area (Å²) in [7, 11) is 0. The summed E-state index contributed by atoms with van der Waals surface area (Å²) < 4.78 is 5.41. The highest BCUT2D eigenvalue weighted by Crippen LogP contribution is 2.33. The van der Waals surface area contributed by atoms with Crippen LogP contribution in [0.25, 0.3) is 22.4 Å². The maximum atomic E-state index is 5.94. The number of hydrogen-bond acceptors (Lipinski definition) is 5. The Balaban J connectivity index is 1.67. The van der Waals surface area contributed by atoms with Crippen LogP contribution in [0.15, 0.2) is 40.9 Å². The first kappa shape index (κ1) is 12.5. The standard InChI is InChI=1S/C16H16N4O/c17-12-7-5-11(9-12)16-19-15(20-21-16)14-8-6-10-3-1-2-4-13(10)18-14/h1-4,6,8,11-12H,5,7,9,17H2. The zero-order valence-electron chi connectivity index (χ0n) is 11.6. The van der Waals surface area contributed by atoms with Gasteiger partial charge in [0.05, 0.1) is 5.52 Å². The molecule has 2 heterocycles. The topological polar surface area (TPSA) is 77.8 Å². The zero-order valence-corrected chi connectivity index (χ0v) is 11.6. The number of nitrogens with two attached hydrogens (primary N) is 1. The number of fused-ring (bicyclic) bond motifs is 1. The van der Waals surface area contributed by atoms with Crippen molar-refractivity contribution in [1.82, 2.24) is 15.1 Å². The Morgan fingerprint density at radius 2 is 1.95 bits per heavy atom. The Labute approximate surface area is 122 Å². The van der Waals surface area contributed by atoms with Gasteiger partial charge in [-0.2, -0.15) is 4.98 Å². The minimum Gasteiger partial charge on any atom is -0.339 e. The Bertz CT molecular complexity index is 783. The number of pyridine rings is 1. The van der Waals surface area contributed by atoms with Gasteiger partial charge >= 0.3 is 0 Å². The molecule has 0 amide bonds. The summed E-state index contributed by atoms with van der Waals surface area (Å²) in [5.41, 5.74) is 7.62. The second-order valence-electron chi connectivity index (χ2n) is 5.62. The van der Waals surface area contributed by atoms with E-state index in [1.165, 1.54) is 0 Å². The molecule has 0 aliphatic heterocycles. The Morgan fingerprint density at radius 3 is 2.81 bits per heavy atom. The van der Waals surface area contributed by atoms with E-state index in [1.807, 2.05) is 36.4 Å². The second-order valence-corrected chi connectivity index (χ2v) is 5.62. The number of hydrogen-bond donors (Lipinski definition) is 1. The first-order chi connectivity index (χ1) is 10.3. The largest absolute Gasteiger partial charge is 0.339 e. The van der Waals surface area contributed by atoms with Crippen LogP contribution in [0.4, 0.5) is 0 Å². The second kappa shape index (κ2) is 4.93. The molecule has 1 aliphatic rings. The van der Waals surface area contributed by atoms with E-state index >= 15 is 0 Å². The van der Waals surface area contributed by atoms with Gasteiger partial charge in [-0.3, -0.25) is 0 Å². The molecule has 1 fully saturated rings. The summed E-state index contributed by atoms with van der Waals surface area (Å²) in [5, 5.41) is 5.18. The van der Waals surface area contributed by atoms with Crippen molar-refractivity contribution in [2.45, 2.75) is 31.2 Å². The van der Waals surface area contributed by atoms with Gasteiger partial charge < -0.3 is 10.3 Å². The molecule has 0 spiro atoms. The molecule has 5 heteroatoms. The predicted molar refractivity (Wildman–Crippen MR) is 79.6 cm³/mol. The van der Waals surface area contributed by atoms with Crippen molar-refractivity contribution in [2.24, 2.45) is 5.73 Å². The normalized spacial score (nSPS) is 22.0. The summed E-state index contributed by atoms with van der Waals surface area (Å²) >= 11 is 0. The van der Waals surface area contributed by atoms with E-state index in [1.54, 1.807) is 0 Å². The summed E-state index contributed by atoms with van der Waals surface area (Å²) in [4.78, 5) is 9.10. The molecule has 2 unspecified atom stereocenters. The lowest BCUT2D eigenvalue weighted by molar-refractivity contribution is 0.353. The van der Waals surface area contributed by atoms with E-state index in [0.29, 0.717) is 17.6 Å². The van der Waals surface area contributed by atoms with Crippen LogP contribution in [0, 0.1) is 0 Å². The van der Waals surface area contributed by atoms with Crippen LogP contribution in [0.1, 0.15) is 31.1 Å². The van der Waals surface area contributed by atoms with Gasteiger partial charge in [-0.05, 0) is 31.4 Å². The van der Waals surface area contributed by atoms with E-state index in [9.17, 15) is 0 Å². The monoisotopic (exact) mass is 280 g/mol. The molecule has 1 saturated carbocycles. The van der Waals surface area contributed by atoms with Crippen molar-refractivity contribution < 1.29 is 4.52 Å². The SMILES string of the molecule is NC1CCC(c2nc(-c3ccc4ccccc4n3)no2)C1. The van der Waals surface area contributed by atoms with Gasteiger partial charge in [0, 0.05) is 17.3 Å². The minimum absolute atomic E-state index is 0.254. The van der Waals surface area contributed by atoms with E-state index in [2.05, 4.69) is 15.1 Å². The highest BCUT2D eigenvalue weighted by Gasteiger charge is 2.28. The quantitative estimate of drug-likeness (QED) is 0.781. The molecule has 0 saturated heterocycles. The van der Waals surface area contributed by atoms with Crippen molar-refractivity contribution in [1.29, 1.82) is 0 Å². The van der Waals surface area contributed by atoms with Crippen LogP contribution >= 0.6 is 0 Å². The molecule has 2 aromatic heterocycles. The van der Waals surface area contributed by atoms with Gasteiger partial charge in [0.1, 0.15) is 5.69 Å². The minimum atomic E-state index is 0.254. The highest BCUT2D eigenvalue weighted by molar-refractivity contribution is 5.80. The van der Waals surface area contributed by atoms with Crippen LogP contribution < -0.4 is 5.73 Å². The molecule has 1 aromatic carbocycles. The van der Waals surface area contributed by atoms with Crippen molar-refractivity contribution in [2.75, 3.05) is 0 Å². The average Bonchev–Trinajstić information content (AvgIpc) is 3.15. The highest BCUT2D eigenvalue weighted by atomic mass is 16.5.